The number of ether oxygens (including phenoxy) is 2. The van der Waals surface area contributed by atoms with Gasteiger partial charge in [0.1, 0.15) is 35.5 Å². The third kappa shape index (κ3) is 12.1. The maximum atomic E-state index is 13.8. The fourth-order valence-corrected chi connectivity index (χ4v) is 5.16. The maximum Gasteiger partial charge on any atom is 0.408 e. The van der Waals surface area contributed by atoms with Gasteiger partial charge in [-0.05, 0) is 75.9 Å². The number of phenols is 1. The van der Waals surface area contributed by atoms with E-state index in [9.17, 15) is 34.2 Å². The first-order valence-corrected chi connectivity index (χ1v) is 16.4. The predicted molar refractivity (Wildman–Crippen MR) is 185 cm³/mol. The summed E-state index contributed by atoms with van der Waals surface area (Å²) >= 11 is 0. The average Bonchev–Trinajstić information content (AvgIpc) is 3.48. The third-order valence-corrected chi connectivity index (χ3v) is 7.68. The standard InChI is InChI=1S/C35H48N6O9/c1-35(2,3)50-34(48)41-26(11-7-8-16-36)30(44)38-27(18-22-19-37-25-10-6-5-9-24(22)25)31(45)40-29(20-42)32(46)39-28(33(47)49-4)17-21-12-14-23(43)15-13-21/h5-6,9-10,12-15,19,26-29,37,42-43H,7-8,11,16-18,20,36H2,1-4H3,(H,38,44)(H,39,46)(H,40,45)(H,41,48)/t26-,27-,28-,29-/m0/s1. The molecule has 0 spiro atoms. The minimum atomic E-state index is -1.52. The zero-order valence-corrected chi connectivity index (χ0v) is 28.8. The van der Waals surface area contributed by atoms with Crippen molar-refractivity contribution >= 4 is 40.7 Å². The lowest BCUT2D eigenvalue weighted by molar-refractivity contribution is -0.145. The number of aromatic hydroxyl groups is 1. The Hall–Kier alpha value is -5.15. The summed E-state index contributed by atoms with van der Waals surface area (Å²) in [5, 5.41) is 30.8. The van der Waals surface area contributed by atoms with Crippen molar-refractivity contribution in [3.63, 3.8) is 0 Å². The molecule has 4 atom stereocenters. The molecule has 1 heterocycles. The van der Waals surface area contributed by atoms with Gasteiger partial charge in [-0.15, -0.1) is 0 Å². The van der Waals surface area contributed by atoms with Crippen LogP contribution in [0.5, 0.6) is 5.75 Å². The number of esters is 1. The first-order chi connectivity index (χ1) is 23.7. The van der Waals surface area contributed by atoms with Crippen LogP contribution in [-0.2, 0) is 41.5 Å². The van der Waals surface area contributed by atoms with E-state index in [2.05, 4.69) is 26.3 Å². The number of aliphatic hydroxyl groups excluding tert-OH is 1. The maximum absolute atomic E-state index is 13.8. The molecule has 0 bridgehead atoms. The van der Waals surface area contributed by atoms with Gasteiger partial charge in [0.15, 0.2) is 0 Å². The summed E-state index contributed by atoms with van der Waals surface area (Å²) in [5.74, 6) is -3.09. The second-order valence-corrected chi connectivity index (χ2v) is 12.8. The summed E-state index contributed by atoms with van der Waals surface area (Å²) in [4.78, 5) is 69.1. The van der Waals surface area contributed by atoms with Gasteiger partial charge in [0, 0.05) is 29.9 Å². The van der Waals surface area contributed by atoms with Gasteiger partial charge in [-0.2, -0.15) is 0 Å². The van der Waals surface area contributed by atoms with Crippen LogP contribution in [0.4, 0.5) is 4.79 Å². The first kappa shape index (κ1) is 39.3. The lowest BCUT2D eigenvalue weighted by Crippen LogP contribution is -2.59. The Labute approximate surface area is 290 Å². The molecule has 15 nitrogen and oxygen atoms in total. The van der Waals surface area contributed by atoms with E-state index in [4.69, 9.17) is 15.2 Å². The van der Waals surface area contributed by atoms with E-state index in [1.807, 2.05) is 24.3 Å². The van der Waals surface area contributed by atoms with E-state index in [1.54, 1.807) is 39.1 Å². The summed E-state index contributed by atoms with van der Waals surface area (Å²) < 4.78 is 10.2. The number of fused-ring (bicyclic) bond motifs is 1. The van der Waals surface area contributed by atoms with Crippen LogP contribution in [0.1, 0.15) is 51.2 Å². The topological polar surface area (TPSA) is 234 Å². The van der Waals surface area contributed by atoms with Crippen molar-refractivity contribution in [3.8, 4) is 5.75 Å². The minimum absolute atomic E-state index is 0.000226. The smallest absolute Gasteiger partial charge is 0.408 e. The van der Waals surface area contributed by atoms with Crippen LogP contribution in [0.2, 0.25) is 0 Å². The molecule has 4 amide bonds. The highest BCUT2D eigenvalue weighted by Crippen LogP contribution is 2.20. The molecule has 0 aliphatic rings. The van der Waals surface area contributed by atoms with Crippen molar-refractivity contribution in [2.45, 2.75) is 82.6 Å². The molecule has 0 radical (unpaired) electrons. The van der Waals surface area contributed by atoms with E-state index in [-0.39, 0.29) is 25.0 Å². The lowest BCUT2D eigenvalue weighted by Gasteiger charge is -2.26. The molecule has 9 N–H and O–H groups in total. The molecule has 0 saturated heterocycles. The molecule has 0 fully saturated rings. The van der Waals surface area contributed by atoms with E-state index in [0.29, 0.717) is 30.5 Å². The van der Waals surface area contributed by atoms with Gasteiger partial charge in [-0.3, -0.25) is 14.4 Å². The average molecular weight is 697 g/mol. The number of aromatic nitrogens is 1. The third-order valence-electron chi connectivity index (χ3n) is 7.68. The number of hydrogen-bond acceptors (Lipinski definition) is 10. The lowest BCUT2D eigenvalue weighted by atomic mass is 10.0. The number of alkyl carbamates (subject to hydrolysis) is 1. The number of nitrogens with one attached hydrogen (secondary N) is 5. The molecular formula is C35H48N6O9. The van der Waals surface area contributed by atoms with Gasteiger partial charge < -0.3 is 51.7 Å². The van der Waals surface area contributed by atoms with Crippen molar-refractivity contribution < 1.29 is 43.7 Å². The number of methoxy groups -OCH3 is 1. The van der Waals surface area contributed by atoms with Crippen LogP contribution >= 0.6 is 0 Å². The summed E-state index contributed by atoms with van der Waals surface area (Å²) in [5.41, 5.74) is 6.91. The number of benzene rings is 2. The van der Waals surface area contributed by atoms with Gasteiger partial charge in [0.25, 0.3) is 0 Å². The minimum Gasteiger partial charge on any atom is -0.508 e. The molecule has 1 aromatic heterocycles. The van der Waals surface area contributed by atoms with E-state index in [1.165, 1.54) is 12.1 Å². The van der Waals surface area contributed by atoms with Crippen LogP contribution in [0.25, 0.3) is 10.9 Å². The highest BCUT2D eigenvalue weighted by Gasteiger charge is 2.32. The Balaban J connectivity index is 1.84. The van der Waals surface area contributed by atoms with Crippen LogP contribution in [0, 0.1) is 0 Å². The summed E-state index contributed by atoms with van der Waals surface area (Å²) in [7, 11) is 1.16. The molecule has 3 aromatic rings. The quantitative estimate of drug-likeness (QED) is 0.0744. The number of carbonyl (C=O) groups excluding carboxylic acids is 5. The largest absolute Gasteiger partial charge is 0.508 e. The molecule has 2 aromatic carbocycles. The molecule has 15 heteroatoms. The van der Waals surface area contributed by atoms with Crippen molar-refractivity contribution in [3.05, 3.63) is 65.9 Å². The van der Waals surface area contributed by atoms with E-state index < -0.39 is 66.2 Å². The summed E-state index contributed by atoms with van der Waals surface area (Å²) in [6.07, 6.45) is 2.17. The van der Waals surface area contributed by atoms with Gasteiger partial charge in [-0.25, -0.2) is 9.59 Å². The van der Waals surface area contributed by atoms with Crippen LogP contribution in [0.3, 0.4) is 0 Å². The second kappa shape index (κ2) is 18.6. The van der Waals surface area contributed by atoms with Crippen molar-refractivity contribution in [2.75, 3.05) is 20.3 Å². The SMILES string of the molecule is COC(=O)[C@H](Cc1ccc(O)cc1)NC(=O)[C@H](CO)NC(=O)[C@H](Cc1c[nH]c2ccccc12)NC(=O)[C@H](CCCCN)NC(=O)OC(C)(C)C. The van der Waals surface area contributed by atoms with Crippen LogP contribution in [0.15, 0.2) is 54.7 Å². The number of carbonyl (C=O) groups is 5. The number of unbranched alkanes of at least 4 members (excludes halogenated alkanes) is 1. The monoisotopic (exact) mass is 696 g/mol. The van der Waals surface area contributed by atoms with E-state index >= 15 is 0 Å². The number of para-hydroxylation sites is 1. The molecule has 0 aliphatic heterocycles. The van der Waals surface area contributed by atoms with Gasteiger partial charge >= 0.3 is 12.1 Å². The molecule has 0 unspecified atom stereocenters. The first-order valence-electron chi connectivity index (χ1n) is 16.4. The number of amides is 4. The van der Waals surface area contributed by atoms with Gasteiger partial charge in [0.05, 0.1) is 13.7 Å². The second-order valence-electron chi connectivity index (χ2n) is 12.8. The van der Waals surface area contributed by atoms with Gasteiger partial charge in [-0.1, -0.05) is 30.3 Å². The molecule has 0 aliphatic carbocycles. The molecular weight excluding hydrogens is 648 g/mol. The Morgan fingerprint density at radius 2 is 1.44 bits per heavy atom. The van der Waals surface area contributed by atoms with Crippen molar-refractivity contribution in [1.82, 2.24) is 26.3 Å². The zero-order valence-electron chi connectivity index (χ0n) is 28.8. The van der Waals surface area contributed by atoms with Crippen LogP contribution < -0.4 is 27.0 Å². The number of aromatic amines is 1. The Kier molecular flexibility index (Phi) is 14.6. The van der Waals surface area contributed by atoms with Crippen molar-refractivity contribution in [1.29, 1.82) is 0 Å². The number of phenolic OH excluding ortho intramolecular Hbond substituents is 1. The number of nitrogens with two attached hydrogens (primary N) is 1. The fraction of sp³-hybridized carbons (Fsp3) is 0.457. The zero-order chi connectivity index (χ0) is 36.8. The normalized spacial score (nSPS) is 13.7. The van der Waals surface area contributed by atoms with Crippen LogP contribution in [-0.4, -0.2) is 95.0 Å². The Morgan fingerprint density at radius 3 is 2.08 bits per heavy atom. The van der Waals surface area contributed by atoms with Crippen molar-refractivity contribution in [2.24, 2.45) is 5.73 Å². The van der Waals surface area contributed by atoms with E-state index in [0.717, 1.165) is 18.0 Å². The highest BCUT2D eigenvalue weighted by atomic mass is 16.6. The molecule has 272 valence electrons. The fourth-order valence-electron chi connectivity index (χ4n) is 5.16. The highest BCUT2D eigenvalue weighted by molar-refractivity contribution is 5.95. The number of hydrogen-bond donors (Lipinski definition) is 8. The Bertz CT molecular complexity index is 1600. The summed E-state index contributed by atoms with van der Waals surface area (Å²) in [6.45, 7) is 4.60. The number of H-pyrrole nitrogens is 1. The predicted octanol–water partition coefficient (Wildman–Crippen LogP) is 1.30. The summed E-state index contributed by atoms with van der Waals surface area (Å²) in [6, 6.07) is 8.33. The molecule has 50 heavy (non-hydrogen) atoms. The molecule has 3 rings (SSSR count). The number of aliphatic hydroxyl groups is 1. The Morgan fingerprint density at radius 1 is 0.820 bits per heavy atom. The number of rotatable bonds is 17. The molecule has 0 saturated carbocycles. The van der Waals surface area contributed by atoms with Gasteiger partial charge in [0.2, 0.25) is 17.7 Å².